The Balaban J connectivity index is 1.51. The maximum atomic E-state index is 12.6. The van der Waals surface area contributed by atoms with Crippen LogP contribution in [0, 0.1) is 0 Å². The van der Waals surface area contributed by atoms with Crippen LogP contribution in [0.4, 0.5) is 0 Å². The lowest BCUT2D eigenvalue weighted by Crippen LogP contribution is -2.50. The Morgan fingerprint density at radius 3 is 1.63 bits per heavy atom. The van der Waals surface area contributed by atoms with Crippen LogP contribution in [0.3, 0.4) is 0 Å². The minimum Gasteiger partial charge on any atom is -0.466 e. The standard InChI is InChI=1S/C32H44N2O4/c1-3-4-5-6-7-8-9-10-11-12-13-14-15-16-17-18-19-20-21-22-30(35)33-26-29-25-28(33)27-34(29)31(36)23-24-32(37)38-2/h4-5,7-8,10-11,13-14,16-17,19-20,23-24,28-29H,3,6,9,12,15,18,21-22,25-27H2,1-2H3/b5-4-,8-7-,11-10-,14-13-,17-16-,20-19-,24-23?/t28-,29+/m0/s1. The molecular weight excluding hydrogens is 476 g/mol. The first-order chi connectivity index (χ1) is 18.6. The number of allylic oxidation sites excluding steroid dienone is 12. The molecule has 0 aromatic carbocycles. The highest BCUT2D eigenvalue weighted by Gasteiger charge is 2.46. The van der Waals surface area contributed by atoms with E-state index in [2.05, 4.69) is 84.6 Å². The van der Waals surface area contributed by atoms with Crippen LogP contribution >= 0.6 is 0 Å². The van der Waals surface area contributed by atoms with Crippen LogP contribution in [0.2, 0.25) is 0 Å². The van der Waals surface area contributed by atoms with Gasteiger partial charge in [0, 0.05) is 31.7 Å². The van der Waals surface area contributed by atoms with Crippen molar-refractivity contribution in [1.29, 1.82) is 0 Å². The molecule has 0 aromatic rings. The van der Waals surface area contributed by atoms with Gasteiger partial charge < -0.3 is 14.5 Å². The Morgan fingerprint density at radius 1 is 0.684 bits per heavy atom. The van der Waals surface area contributed by atoms with Crippen LogP contribution in [0.25, 0.3) is 0 Å². The summed E-state index contributed by atoms with van der Waals surface area (Å²) in [6.45, 7) is 3.25. The summed E-state index contributed by atoms with van der Waals surface area (Å²) in [6.07, 6.45) is 36.3. The van der Waals surface area contributed by atoms with Gasteiger partial charge in [-0.1, -0.05) is 79.8 Å². The van der Waals surface area contributed by atoms with Crippen LogP contribution in [-0.4, -0.2) is 59.9 Å². The van der Waals surface area contributed by atoms with Gasteiger partial charge in [-0.2, -0.15) is 0 Å². The van der Waals surface area contributed by atoms with Crippen molar-refractivity contribution >= 4 is 17.8 Å². The number of piperazine rings is 1. The smallest absolute Gasteiger partial charge is 0.330 e. The minimum absolute atomic E-state index is 0.0321. The molecule has 2 bridgehead atoms. The van der Waals surface area contributed by atoms with E-state index in [-0.39, 0.29) is 23.9 Å². The SMILES string of the molecule is CC/C=C\C/C=C\C/C=C\C/C=C\C/C=C\C/C=C\CCC(=O)N1C[C@H]2C[C@H]1CN2C(=O)C=CC(=O)OC. The van der Waals surface area contributed by atoms with Crippen molar-refractivity contribution in [2.75, 3.05) is 20.2 Å². The molecule has 2 amide bonds. The highest BCUT2D eigenvalue weighted by molar-refractivity contribution is 5.95. The van der Waals surface area contributed by atoms with E-state index in [0.717, 1.165) is 57.4 Å². The van der Waals surface area contributed by atoms with Crippen molar-refractivity contribution in [1.82, 2.24) is 9.80 Å². The third-order valence-electron chi connectivity index (χ3n) is 6.53. The molecule has 2 fully saturated rings. The first kappa shape index (κ1) is 30.8. The van der Waals surface area contributed by atoms with E-state index in [9.17, 15) is 14.4 Å². The third-order valence-corrected chi connectivity index (χ3v) is 6.53. The molecule has 2 heterocycles. The minimum atomic E-state index is -0.547. The number of fused-ring (bicyclic) bond motifs is 2. The molecule has 0 radical (unpaired) electrons. The molecule has 6 nitrogen and oxygen atoms in total. The topological polar surface area (TPSA) is 66.9 Å². The highest BCUT2D eigenvalue weighted by Crippen LogP contribution is 2.31. The summed E-state index contributed by atoms with van der Waals surface area (Å²) in [5.41, 5.74) is 0. The number of carbonyl (C=O) groups is 3. The number of rotatable bonds is 16. The van der Waals surface area contributed by atoms with Crippen molar-refractivity contribution in [3.05, 3.63) is 85.1 Å². The van der Waals surface area contributed by atoms with Gasteiger partial charge in [0.15, 0.2) is 0 Å². The fourth-order valence-electron chi connectivity index (χ4n) is 4.54. The monoisotopic (exact) mass is 520 g/mol. The van der Waals surface area contributed by atoms with E-state index in [4.69, 9.17) is 0 Å². The average molecular weight is 521 g/mol. The number of amides is 2. The van der Waals surface area contributed by atoms with E-state index in [1.807, 2.05) is 4.90 Å². The largest absolute Gasteiger partial charge is 0.466 e. The van der Waals surface area contributed by atoms with Gasteiger partial charge in [-0.05, 0) is 51.4 Å². The second-order valence-corrected chi connectivity index (χ2v) is 9.39. The van der Waals surface area contributed by atoms with Gasteiger partial charge in [0.05, 0.1) is 19.2 Å². The lowest BCUT2D eigenvalue weighted by molar-refractivity contribution is -0.137. The molecule has 0 aromatic heterocycles. The number of hydrogen-bond donors (Lipinski definition) is 0. The molecule has 0 unspecified atom stereocenters. The molecule has 0 spiro atoms. The summed E-state index contributed by atoms with van der Waals surface area (Å²) in [5.74, 6) is -0.601. The Labute approximate surface area is 228 Å². The van der Waals surface area contributed by atoms with Gasteiger partial charge in [-0.25, -0.2) is 4.79 Å². The predicted molar refractivity (Wildman–Crippen MR) is 154 cm³/mol. The van der Waals surface area contributed by atoms with Gasteiger partial charge in [0.25, 0.3) is 0 Å². The van der Waals surface area contributed by atoms with Crippen molar-refractivity contribution < 1.29 is 19.1 Å². The lowest BCUT2D eigenvalue weighted by atomic mass is 10.2. The lowest BCUT2D eigenvalue weighted by Gasteiger charge is -2.33. The van der Waals surface area contributed by atoms with E-state index < -0.39 is 5.97 Å². The number of nitrogens with zero attached hydrogens (tertiary/aromatic N) is 2. The summed E-state index contributed by atoms with van der Waals surface area (Å²) in [5, 5.41) is 0. The zero-order chi connectivity index (χ0) is 27.4. The molecule has 0 saturated carbocycles. The van der Waals surface area contributed by atoms with Gasteiger partial charge in [-0.15, -0.1) is 0 Å². The second-order valence-electron chi connectivity index (χ2n) is 9.39. The Hall–Kier alpha value is -3.41. The van der Waals surface area contributed by atoms with Crippen LogP contribution in [0.1, 0.15) is 64.7 Å². The normalized spacial score (nSPS) is 19.8. The quantitative estimate of drug-likeness (QED) is 0.142. The van der Waals surface area contributed by atoms with E-state index in [0.29, 0.717) is 19.5 Å². The van der Waals surface area contributed by atoms with Crippen molar-refractivity contribution in [2.45, 2.75) is 76.8 Å². The Bertz CT molecular complexity index is 955. The molecule has 2 atom stereocenters. The zero-order valence-corrected chi connectivity index (χ0v) is 23.0. The molecule has 2 aliphatic rings. The predicted octanol–water partition coefficient (Wildman–Crippen LogP) is 6.01. The van der Waals surface area contributed by atoms with Crippen molar-refractivity contribution in [2.24, 2.45) is 0 Å². The molecule has 206 valence electrons. The van der Waals surface area contributed by atoms with E-state index in [1.54, 1.807) is 4.90 Å². The molecule has 2 aliphatic heterocycles. The zero-order valence-electron chi connectivity index (χ0n) is 23.0. The van der Waals surface area contributed by atoms with Crippen LogP contribution in [0.5, 0.6) is 0 Å². The molecule has 38 heavy (non-hydrogen) atoms. The average Bonchev–Trinajstić information content (AvgIpc) is 3.54. The number of likely N-dealkylation sites (tertiary alicyclic amines) is 2. The van der Waals surface area contributed by atoms with Gasteiger partial charge in [0.2, 0.25) is 11.8 Å². The van der Waals surface area contributed by atoms with E-state index in [1.165, 1.54) is 13.2 Å². The number of hydrogen-bond acceptors (Lipinski definition) is 4. The summed E-state index contributed by atoms with van der Waals surface area (Å²) >= 11 is 0. The number of methoxy groups -OCH3 is 1. The molecule has 0 aliphatic carbocycles. The fraction of sp³-hybridized carbons (Fsp3) is 0.469. The summed E-state index contributed by atoms with van der Waals surface area (Å²) in [7, 11) is 1.28. The first-order valence-electron chi connectivity index (χ1n) is 13.8. The summed E-state index contributed by atoms with van der Waals surface area (Å²) in [4.78, 5) is 39.8. The molecule has 0 N–H and O–H groups in total. The summed E-state index contributed by atoms with van der Waals surface area (Å²) in [6, 6.07) is 0.109. The number of carbonyl (C=O) groups excluding carboxylic acids is 3. The Kier molecular flexibility index (Phi) is 15.2. The van der Waals surface area contributed by atoms with Crippen LogP contribution in [-0.2, 0) is 19.1 Å². The number of ether oxygens (including phenoxy) is 1. The third kappa shape index (κ3) is 11.8. The van der Waals surface area contributed by atoms with Crippen molar-refractivity contribution in [3.8, 4) is 0 Å². The van der Waals surface area contributed by atoms with Crippen LogP contribution < -0.4 is 0 Å². The fourth-order valence-corrected chi connectivity index (χ4v) is 4.54. The molecule has 2 rings (SSSR count). The highest BCUT2D eigenvalue weighted by atomic mass is 16.5. The van der Waals surface area contributed by atoms with Gasteiger partial charge in [-0.3, -0.25) is 9.59 Å². The molecular formula is C32H44N2O4. The summed E-state index contributed by atoms with van der Waals surface area (Å²) < 4.78 is 4.52. The molecule has 2 saturated heterocycles. The maximum Gasteiger partial charge on any atom is 0.330 e. The first-order valence-corrected chi connectivity index (χ1v) is 13.8. The number of esters is 1. The maximum absolute atomic E-state index is 12.6. The van der Waals surface area contributed by atoms with Crippen molar-refractivity contribution in [3.63, 3.8) is 0 Å². The van der Waals surface area contributed by atoms with Gasteiger partial charge in [0.1, 0.15) is 0 Å². The Morgan fingerprint density at radius 2 is 1.16 bits per heavy atom. The van der Waals surface area contributed by atoms with Crippen LogP contribution in [0.15, 0.2) is 85.1 Å². The second kappa shape index (κ2) is 18.8. The van der Waals surface area contributed by atoms with E-state index >= 15 is 0 Å². The molecule has 6 heteroatoms. The van der Waals surface area contributed by atoms with Gasteiger partial charge >= 0.3 is 5.97 Å².